The fourth-order valence-electron chi connectivity index (χ4n) is 3.81. The number of aromatic nitrogens is 1. The zero-order valence-corrected chi connectivity index (χ0v) is 15.3. The number of rotatable bonds is 3. The SMILES string of the molecule is CC(=O)c1ccc(N2CCC3(CC2)OCCc2sc(C(=O)O)cc23)nc1. The second-order valence-electron chi connectivity index (χ2n) is 6.79. The predicted octanol–water partition coefficient (Wildman–Crippen LogP) is 3.11. The van der Waals surface area contributed by atoms with E-state index in [-0.39, 0.29) is 11.4 Å². The van der Waals surface area contributed by atoms with Crippen molar-refractivity contribution in [3.05, 3.63) is 45.3 Å². The summed E-state index contributed by atoms with van der Waals surface area (Å²) >= 11 is 1.38. The Morgan fingerprint density at radius 2 is 2.08 bits per heavy atom. The summed E-state index contributed by atoms with van der Waals surface area (Å²) in [6.07, 6.45) is 4.00. The van der Waals surface area contributed by atoms with Crippen LogP contribution >= 0.6 is 11.3 Å². The molecule has 1 N–H and O–H groups in total. The quantitative estimate of drug-likeness (QED) is 0.834. The van der Waals surface area contributed by atoms with Crippen molar-refractivity contribution in [3.8, 4) is 0 Å². The number of hydrogen-bond acceptors (Lipinski definition) is 6. The Balaban J connectivity index is 1.53. The van der Waals surface area contributed by atoms with Crippen molar-refractivity contribution in [2.24, 2.45) is 0 Å². The number of ketones is 1. The van der Waals surface area contributed by atoms with Gasteiger partial charge in [-0.05, 0) is 43.5 Å². The summed E-state index contributed by atoms with van der Waals surface area (Å²) in [6, 6.07) is 5.49. The highest BCUT2D eigenvalue weighted by molar-refractivity contribution is 7.14. The number of carboxylic acids is 1. The first-order valence-corrected chi connectivity index (χ1v) is 9.52. The van der Waals surface area contributed by atoms with Crippen LogP contribution in [0.25, 0.3) is 0 Å². The fourth-order valence-corrected chi connectivity index (χ4v) is 4.88. The van der Waals surface area contributed by atoms with Gasteiger partial charge in [-0.3, -0.25) is 4.79 Å². The third-order valence-corrected chi connectivity index (χ3v) is 6.45. The summed E-state index contributed by atoms with van der Waals surface area (Å²) in [5.41, 5.74) is 1.29. The standard InChI is InChI=1S/C19H20N2O4S/c1-12(22)13-2-3-17(20-11-13)21-7-5-19(6-8-21)14-10-16(18(23)24)26-15(14)4-9-25-19/h2-3,10-11H,4-9H2,1H3,(H,23,24). The molecule has 0 radical (unpaired) electrons. The van der Waals surface area contributed by atoms with Gasteiger partial charge in [0.2, 0.25) is 0 Å². The Morgan fingerprint density at radius 1 is 1.31 bits per heavy atom. The zero-order valence-electron chi connectivity index (χ0n) is 14.5. The van der Waals surface area contributed by atoms with Gasteiger partial charge in [0.1, 0.15) is 10.7 Å². The van der Waals surface area contributed by atoms with Crippen LogP contribution < -0.4 is 4.90 Å². The van der Waals surface area contributed by atoms with E-state index in [9.17, 15) is 14.7 Å². The van der Waals surface area contributed by atoms with E-state index >= 15 is 0 Å². The molecule has 2 aliphatic rings. The number of carboxylic acid groups (broad SMARTS) is 1. The summed E-state index contributed by atoms with van der Waals surface area (Å²) in [6.45, 7) is 3.73. The number of piperidine rings is 1. The van der Waals surface area contributed by atoms with Gasteiger partial charge in [0.25, 0.3) is 0 Å². The Kier molecular flexibility index (Phi) is 4.28. The van der Waals surface area contributed by atoms with E-state index in [2.05, 4.69) is 9.88 Å². The lowest BCUT2D eigenvalue weighted by Gasteiger charge is -2.44. The number of anilines is 1. The lowest BCUT2D eigenvalue weighted by Crippen LogP contribution is -2.46. The third-order valence-electron chi connectivity index (χ3n) is 5.27. The van der Waals surface area contributed by atoms with Gasteiger partial charge >= 0.3 is 5.97 Å². The predicted molar refractivity (Wildman–Crippen MR) is 98.3 cm³/mol. The van der Waals surface area contributed by atoms with Crippen LogP contribution in [0.3, 0.4) is 0 Å². The molecule has 2 aromatic rings. The normalized spacial score (nSPS) is 18.6. The van der Waals surface area contributed by atoms with Crippen molar-refractivity contribution in [1.29, 1.82) is 0 Å². The molecule has 7 heteroatoms. The van der Waals surface area contributed by atoms with E-state index in [1.54, 1.807) is 12.3 Å². The van der Waals surface area contributed by atoms with E-state index in [0.29, 0.717) is 17.0 Å². The number of Topliss-reactive ketones (excluding diaryl/α,β-unsaturated/α-hetero) is 1. The van der Waals surface area contributed by atoms with Crippen LogP contribution in [0.15, 0.2) is 24.4 Å². The van der Waals surface area contributed by atoms with Gasteiger partial charge in [-0.15, -0.1) is 11.3 Å². The Bertz CT molecular complexity index is 851. The molecular formula is C19H20N2O4S. The summed E-state index contributed by atoms with van der Waals surface area (Å²) < 4.78 is 6.18. The minimum absolute atomic E-state index is 0.0106. The van der Waals surface area contributed by atoms with Crippen LogP contribution in [0.4, 0.5) is 5.82 Å². The first kappa shape index (κ1) is 17.2. The van der Waals surface area contributed by atoms with Crippen molar-refractivity contribution in [2.75, 3.05) is 24.6 Å². The first-order valence-electron chi connectivity index (χ1n) is 8.71. The summed E-state index contributed by atoms with van der Waals surface area (Å²) in [5, 5.41) is 9.30. The van der Waals surface area contributed by atoms with E-state index in [0.717, 1.165) is 48.6 Å². The average molecular weight is 372 g/mol. The molecule has 0 unspecified atom stereocenters. The van der Waals surface area contributed by atoms with Gasteiger partial charge < -0.3 is 14.7 Å². The number of nitrogens with zero attached hydrogens (tertiary/aromatic N) is 2. The second kappa shape index (κ2) is 6.48. The fraction of sp³-hybridized carbons (Fsp3) is 0.421. The second-order valence-corrected chi connectivity index (χ2v) is 7.93. The molecule has 0 saturated carbocycles. The maximum Gasteiger partial charge on any atom is 0.345 e. The number of thiophene rings is 1. The zero-order chi connectivity index (χ0) is 18.3. The number of ether oxygens (including phenoxy) is 1. The van der Waals surface area contributed by atoms with Gasteiger partial charge in [0.05, 0.1) is 12.2 Å². The molecule has 0 bridgehead atoms. The number of carbonyl (C=O) groups is 2. The molecular weight excluding hydrogens is 352 g/mol. The molecule has 0 aromatic carbocycles. The highest BCUT2D eigenvalue weighted by Gasteiger charge is 2.42. The van der Waals surface area contributed by atoms with Crippen LogP contribution in [-0.4, -0.2) is 41.5 Å². The van der Waals surface area contributed by atoms with Crippen LogP contribution in [0.1, 0.15) is 50.2 Å². The molecule has 0 amide bonds. The van der Waals surface area contributed by atoms with E-state index in [1.807, 2.05) is 12.1 Å². The molecule has 6 nitrogen and oxygen atoms in total. The molecule has 1 spiro atoms. The maximum absolute atomic E-state index is 11.4. The third kappa shape index (κ3) is 2.91. The minimum atomic E-state index is -0.869. The van der Waals surface area contributed by atoms with Crippen LogP contribution in [0.5, 0.6) is 0 Å². The van der Waals surface area contributed by atoms with Gasteiger partial charge in [0, 0.05) is 36.1 Å². The van der Waals surface area contributed by atoms with E-state index < -0.39 is 5.97 Å². The Hall–Kier alpha value is -2.25. The average Bonchev–Trinajstić information content (AvgIpc) is 3.09. The van der Waals surface area contributed by atoms with Crippen LogP contribution in [0.2, 0.25) is 0 Å². The Labute approximate surface area is 155 Å². The number of hydrogen-bond donors (Lipinski definition) is 1. The van der Waals surface area contributed by atoms with Crippen molar-refractivity contribution >= 4 is 28.9 Å². The molecule has 2 aromatic heterocycles. The molecule has 136 valence electrons. The maximum atomic E-state index is 11.4. The largest absolute Gasteiger partial charge is 0.477 e. The lowest BCUT2D eigenvalue weighted by molar-refractivity contribution is -0.0757. The monoisotopic (exact) mass is 372 g/mol. The molecule has 4 rings (SSSR count). The van der Waals surface area contributed by atoms with Gasteiger partial charge in [-0.1, -0.05) is 0 Å². The van der Waals surface area contributed by atoms with Gasteiger partial charge in [0.15, 0.2) is 5.78 Å². The topological polar surface area (TPSA) is 79.7 Å². The summed E-state index contributed by atoms with van der Waals surface area (Å²) in [5.74, 6) is 0.000600. The van der Waals surface area contributed by atoms with Crippen molar-refractivity contribution in [1.82, 2.24) is 4.98 Å². The van der Waals surface area contributed by atoms with Crippen LogP contribution in [0, 0.1) is 0 Å². The number of aromatic carboxylic acids is 1. The van der Waals surface area contributed by atoms with Gasteiger partial charge in [-0.25, -0.2) is 9.78 Å². The Morgan fingerprint density at radius 3 is 2.69 bits per heavy atom. The summed E-state index contributed by atoms with van der Waals surface area (Å²) in [4.78, 5) is 30.9. The van der Waals surface area contributed by atoms with Crippen molar-refractivity contribution < 1.29 is 19.4 Å². The van der Waals surface area contributed by atoms with E-state index in [1.165, 1.54) is 18.3 Å². The van der Waals surface area contributed by atoms with Gasteiger partial charge in [-0.2, -0.15) is 0 Å². The molecule has 0 aliphatic carbocycles. The molecule has 1 saturated heterocycles. The highest BCUT2D eigenvalue weighted by Crippen LogP contribution is 2.45. The van der Waals surface area contributed by atoms with E-state index in [4.69, 9.17) is 4.74 Å². The smallest absolute Gasteiger partial charge is 0.345 e. The molecule has 2 aliphatic heterocycles. The van der Waals surface area contributed by atoms with Crippen molar-refractivity contribution in [3.63, 3.8) is 0 Å². The summed E-state index contributed by atoms with van der Waals surface area (Å²) in [7, 11) is 0. The molecule has 1 fully saturated rings. The number of fused-ring (bicyclic) bond motifs is 2. The molecule has 26 heavy (non-hydrogen) atoms. The molecule has 0 atom stereocenters. The number of carbonyl (C=O) groups excluding carboxylic acids is 1. The first-order chi connectivity index (χ1) is 12.5. The van der Waals surface area contributed by atoms with Crippen molar-refractivity contribution in [2.45, 2.75) is 31.8 Å². The highest BCUT2D eigenvalue weighted by atomic mass is 32.1. The van der Waals surface area contributed by atoms with Crippen LogP contribution in [-0.2, 0) is 16.8 Å². The molecule has 4 heterocycles. The minimum Gasteiger partial charge on any atom is -0.477 e. The number of pyridine rings is 1. The lowest BCUT2D eigenvalue weighted by atomic mass is 9.82.